The zero-order chi connectivity index (χ0) is 11.3. The van der Waals surface area contributed by atoms with Crippen LogP contribution in [0.25, 0.3) is 0 Å². The maximum Gasteiger partial charge on any atom is 0.266 e. The Morgan fingerprint density at radius 1 is 1.50 bits per heavy atom. The van der Waals surface area contributed by atoms with Crippen LogP contribution in [0.15, 0.2) is 0 Å². The molecule has 2 bridgehead atoms. The van der Waals surface area contributed by atoms with Crippen LogP contribution >= 0.6 is 23.1 Å². The second-order valence-electron chi connectivity index (χ2n) is 4.45. The largest absolute Gasteiger partial charge is 0.333 e. The highest BCUT2D eigenvalue weighted by atomic mass is 32.2. The van der Waals surface area contributed by atoms with Crippen LogP contribution in [-0.2, 0) is 0 Å². The summed E-state index contributed by atoms with van der Waals surface area (Å²) in [7, 11) is 0. The molecule has 0 spiro atoms. The van der Waals surface area contributed by atoms with Crippen LogP contribution in [0.5, 0.6) is 0 Å². The van der Waals surface area contributed by atoms with Gasteiger partial charge in [0.05, 0.1) is 10.7 Å². The SMILES string of the molecule is Cc1nc(C)c(C(=O)N2CC3CC2CS3)s1. The molecular formula is C11H14N2OS2. The first kappa shape index (κ1) is 10.6. The molecule has 2 fully saturated rings. The Bertz CT molecular complexity index is 443. The van der Waals surface area contributed by atoms with E-state index in [9.17, 15) is 4.79 Å². The van der Waals surface area contributed by atoms with Crippen molar-refractivity contribution in [1.82, 2.24) is 9.88 Å². The smallest absolute Gasteiger partial charge is 0.266 e. The Kier molecular flexibility index (Phi) is 2.47. The summed E-state index contributed by atoms with van der Waals surface area (Å²) in [5, 5.41) is 1.67. The Morgan fingerprint density at radius 3 is 2.81 bits per heavy atom. The lowest BCUT2D eigenvalue weighted by Gasteiger charge is -2.26. The van der Waals surface area contributed by atoms with Crippen LogP contribution in [-0.4, -0.2) is 39.4 Å². The van der Waals surface area contributed by atoms with Gasteiger partial charge < -0.3 is 4.90 Å². The third-order valence-electron chi connectivity index (χ3n) is 3.26. The first-order valence-corrected chi connectivity index (χ1v) is 7.38. The van der Waals surface area contributed by atoms with Gasteiger partial charge in [0.15, 0.2) is 0 Å². The summed E-state index contributed by atoms with van der Waals surface area (Å²) in [6, 6.07) is 0.476. The molecule has 2 unspecified atom stereocenters. The number of likely N-dealkylation sites (tertiary alicyclic amines) is 1. The van der Waals surface area contributed by atoms with Crippen molar-refractivity contribution in [2.45, 2.75) is 31.6 Å². The molecule has 0 saturated carbocycles. The van der Waals surface area contributed by atoms with E-state index < -0.39 is 0 Å². The minimum absolute atomic E-state index is 0.205. The maximum atomic E-state index is 12.4. The van der Waals surface area contributed by atoms with E-state index in [1.165, 1.54) is 17.8 Å². The monoisotopic (exact) mass is 254 g/mol. The second kappa shape index (κ2) is 3.74. The fourth-order valence-electron chi connectivity index (χ4n) is 2.51. The number of carbonyl (C=O) groups excluding carboxylic acids is 1. The quantitative estimate of drug-likeness (QED) is 0.769. The van der Waals surface area contributed by atoms with Crippen molar-refractivity contribution in [1.29, 1.82) is 0 Å². The molecule has 0 N–H and O–H groups in total. The predicted octanol–water partition coefficient (Wildman–Crippen LogP) is 2.09. The third-order valence-corrected chi connectivity index (χ3v) is 5.71. The van der Waals surface area contributed by atoms with Gasteiger partial charge in [-0.05, 0) is 20.3 Å². The number of thiazole rings is 1. The van der Waals surface area contributed by atoms with E-state index in [0.717, 1.165) is 27.9 Å². The normalized spacial score (nSPS) is 27.8. The Hall–Kier alpha value is -0.550. The van der Waals surface area contributed by atoms with Crippen LogP contribution in [0.1, 0.15) is 26.8 Å². The molecule has 2 saturated heterocycles. The van der Waals surface area contributed by atoms with Crippen LogP contribution in [0, 0.1) is 13.8 Å². The summed E-state index contributed by atoms with van der Waals surface area (Å²) in [6.45, 7) is 4.82. The highest BCUT2D eigenvalue weighted by Gasteiger charge is 2.41. The van der Waals surface area contributed by atoms with Gasteiger partial charge in [0.25, 0.3) is 5.91 Å². The molecule has 2 atom stereocenters. The molecule has 0 aromatic carbocycles. The number of aryl methyl sites for hydroxylation is 2. The number of amides is 1. The van der Waals surface area contributed by atoms with E-state index in [4.69, 9.17) is 0 Å². The molecule has 1 amide bonds. The lowest BCUT2D eigenvalue weighted by molar-refractivity contribution is 0.0751. The zero-order valence-corrected chi connectivity index (χ0v) is 11.0. The maximum absolute atomic E-state index is 12.4. The van der Waals surface area contributed by atoms with Gasteiger partial charge in [-0.2, -0.15) is 11.8 Å². The topological polar surface area (TPSA) is 33.2 Å². The van der Waals surface area contributed by atoms with Crippen LogP contribution in [0.3, 0.4) is 0 Å². The molecule has 16 heavy (non-hydrogen) atoms. The van der Waals surface area contributed by atoms with Crippen molar-refractivity contribution >= 4 is 29.0 Å². The number of nitrogens with zero attached hydrogens (tertiary/aromatic N) is 2. The highest BCUT2D eigenvalue weighted by Crippen LogP contribution is 2.38. The predicted molar refractivity (Wildman–Crippen MR) is 67.3 cm³/mol. The fourth-order valence-corrected chi connectivity index (χ4v) is 4.82. The van der Waals surface area contributed by atoms with Crippen molar-refractivity contribution in [3.8, 4) is 0 Å². The molecule has 86 valence electrons. The zero-order valence-electron chi connectivity index (χ0n) is 9.40. The average molecular weight is 254 g/mol. The fraction of sp³-hybridized carbons (Fsp3) is 0.636. The second-order valence-corrected chi connectivity index (χ2v) is 6.99. The Balaban J connectivity index is 1.86. The molecule has 2 aliphatic heterocycles. The van der Waals surface area contributed by atoms with Gasteiger partial charge in [-0.25, -0.2) is 4.98 Å². The average Bonchev–Trinajstić information content (AvgIpc) is 2.91. The minimum atomic E-state index is 0.205. The number of thioether (sulfide) groups is 1. The minimum Gasteiger partial charge on any atom is -0.333 e. The van der Waals surface area contributed by atoms with Gasteiger partial charge in [-0.1, -0.05) is 0 Å². The van der Waals surface area contributed by atoms with Gasteiger partial charge in [-0.15, -0.1) is 11.3 Å². The Morgan fingerprint density at radius 2 is 2.31 bits per heavy atom. The molecular weight excluding hydrogens is 240 g/mol. The van der Waals surface area contributed by atoms with Crippen molar-refractivity contribution in [3.63, 3.8) is 0 Å². The van der Waals surface area contributed by atoms with Gasteiger partial charge in [0.1, 0.15) is 4.88 Å². The van der Waals surface area contributed by atoms with Crippen LogP contribution in [0.2, 0.25) is 0 Å². The molecule has 0 radical (unpaired) electrons. The van der Waals surface area contributed by atoms with Crippen molar-refractivity contribution in [3.05, 3.63) is 15.6 Å². The number of fused-ring (bicyclic) bond motifs is 2. The molecule has 3 nitrogen and oxygen atoms in total. The van der Waals surface area contributed by atoms with E-state index in [1.807, 2.05) is 25.6 Å². The lowest BCUT2D eigenvalue weighted by atomic mass is 10.2. The molecule has 1 aromatic rings. The lowest BCUT2D eigenvalue weighted by Crippen LogP contribution is -2.39. The van der Waals surface area contributed by atoms with E-state index in [2.05, 4.69) is 9.88 Å². The molecule has 5 heteroatoms. The molecule has 2 aliphatic rings. The molecule has 3 rings (SSSR count). The number of hydrogen-bond acceptors (Lipinski definition) is 4. The number of hydrogen-bond donors (Lipinski definition) is 0. The number of rotatable bonds is 1. The summed E-state index contributed by atoms with van der Waals surface area (Å²) >= 11 is 3.54. The first-order valence-electron chi connectivity index (χ1n) is 5.51. The van der Waals surface area contributed by atoms with E-state index in [-0.39, 0.29) is 5.91 Å². The van der Waals surface area contributed by atoms with Crippen molar-refractivity contribution < 1.29 is 4.79 Å². The van der Waals surface area contributed by atoms with Gasteiger partial charge >= 0.3 is 0 Å². The molecule has 0 aliphatic carbocycles. The summed E-state index contributed by atoms with van der Waals surface area (Å²) < 4.78 is 0. The third kappa shape index (κ3) is 1.57. The summed E-state index contributed by atoms with van der Waals surface area (Å²) in [6.07, 6.45) is 1.19. The molecule has 3 heterocycles. The van der Waals surface area contributed by atoms with Gasteiger partial charge in [0, 0.05) is 23.6 Å². The van der Waals surface area contributed by atoms with Crippen LogP contribution in [0.4, 0.5) is 0 Å². The Labute approximate surface area is 103 Å². The van der Waals surface area contributed by atoms with Gasteiger partial charge in [-0.3, -0.25) is 4.79 Å². The summed E-state index contributed by atoms with van der Waals surface area (Å²) in [4.78, 5) is 19.6. The van der Waals surface area contributed by atoms with Crippen LogP contribution < -0.4 is 0 Å². The number of aromatic nitrogens is 1. The number of carbonyl (C=O) groups is 1. The van der Waals surface area contributed by atoms with Crippen molar-refractivity contribution in [2.24, 2.45) is 0 Å². The highest BCUT2D eigenvalue weighted by molar-refractivity contribution is 8.00. The standard InChI is InChI=1S/C11H14N2OS2/c1-6-10(16-7(2)12-6)11(14)13-4-9-3-8(13)5-15-9/h8-9H,3-5H2,1-2H3. The van der Waals surface area contributed by atoms with Crippen molar-refractivity contribution in [2.75, 3.05) is 12.3 Å². The van der Waals surface area contributed by atoms with E-state index >= 15 is 0 Å². The molecule has 1 aromatic heterocycles. The first-order chi connectivity index (χ1) is 7.65. The van der Waals surface area contributed by atoms with E-state index in [0.29, 0.717) is 11.3 Å². The summed E-state index contributed by atoms with van der Waals surface area (Å²) in [5.74, 6) is 1.32. The van der Waals surface area contributed by atoms with E-state index in [1.54, 1.807) is 0 Å². The van der Waals surface area contributed by atoms with Gasteiger partial charge in [0.2, 0.25) is 0 Å². The summed E-state index contributed by atoms with van der Waals surface area (Å²) in [5.41, 5.74) is 0.892.